The lowest BCUT2D eigenvalue weighted by Gasteiger charge is -2.17. The minimum absolute atomic E-state index is 0.0610. The molecule has 0 aliphatic carbocycles. The molecule has 0 bridgehead atoms. The van der Waals surface area contributed by atoms with Crippen LogP contribution >= 0.6 is 0 Å². The van der Waals surface area contributed by atoms with Crippen molar-refractivity contribution in [2.45, 2.75) is 32.0 Å². The largest absolute Gasteiger partial charge is 0.352 e. The molecule has 1 N–H and O–H groups in total. The molecule has 102 valence electrons. The van der Waals surface area contributed by atoms with Crippen molar-refractivity contribution in [1.82, 2.24) is 14.9 Å². The van der Waals surface area contributed by atoms with E-state index in [0.717, 1.165) is 0 Å². The van der Waals surface area contributed by atoms with Crippen LogP contribution in [0.15, 0.2) is 17.6 Å². The van der Waals surface area contributed by atoms with Crippen molar-refractivity contribution < 1.29 is 13.2 Å². The molecule has 1 heterocycles. The van der Waals surface area contributed by atoms with Crippen LogP contribution < -0.4 is 5.32 Å². The van der Waals surface area contributed by atoms with Gasteiger partial charge >= 0.3 is 0 Å². The van der Waals surface area contributed by atoms with E-state index in [9.17, 15) is 13.2 Å². The van der Waals surface area contributed by atoms with E-state index in [1.54, 1.807) is 7.05 Å². The highest BCUT2D eigenvalue weighted by atomic mass is 32.2. The maximum atomic E-state index is 11.9. The summed E-state index contributed by atoms with van der Waals surface area (Å²) >= 11 is 0. The fourth-order valence-electron chi connectivity index (χ4n) is 1.35. The summed E-state index contributed by atoms with van der Waals surface area (Å²) in [5, 5.41) is 2.57. The third-order valence-corrected chi connectivity index (χ3v) is 4.36. The van der Waals surface area contributed by atoms with Crippen molar-refractivity contribution in [2.75, 3.05) is 5.75 Å². The summed E-state index contributed by atoms with van der Waals surface area (Å²) in [4.78, 5) is 15.4. The van der Waals surface area contributed by atoms with Gasteiger partial charge in [0.05, 0.1) is 0 Å². The van der Waals surface area contributed by atoms with Crippen molar-refractivity contribution in [3.8, 4) is 0 Å². The van der Waals surface area contributed by atoms with Crippen LogP contribution in [0.25, 0.3) is 0 Å². The Hall–Kier alpha value is -1.37. The molecule has 18 heavy (non-hydrogen) atoms. The Kier molecular flexibility index (Phi) is 4.50. The average Bonchev–Trinajstić information content (AvgIpc) is 2.63. The molecule has 0 saturated carbocycles. The average molecular weight is 273 g/mol. The normalized spacial score (nSPS) is 13.6. The quantitative estimate of drug-likeness (QED) is 0.839. The SMILES string of the molecule is CC(C)[C@H](C)NC(=O)CS(=O)(=O)c1nccn1C. The number of carbonyl (C=O) groups is 1. The van der Waals surface area contributed by atoms with Gasteiger partial charge in [-0.2, -0.15) is 0 Å². The number of nitrogens with zero attached hydrogens (tertiary/aromatic N) is 2. The highest BCUT2D eigenvalue weighted by Crippen LogP contribution is 2.07. The summed E-state index contributed by atoms with van der Waals surface area (Å²) in [6, 6.07) is -0.0610. The molecule has 0 radical (unpaired) electrons. The topological polar surface area (TPSA) is 81.1 Å². The molecule has 7 heteroatoms. The van der Waals surface area contributed by atoms with E-state index in [4.69, 9.17) is 0 Å². The maximum Gasteiger partial charge on any atom is 0.235 e. The number of carbonyl (C=O) groups excluding carboxylic acids is 1. The fraction of sp³-hybridized carbons (Fsp3) is 0.636. The van der Waals surface area contributed by atoms with Crippen LogP contribution in [0.5, 0.6) is 0 Å². The molecule has 0 spiro atoms. The fourth-order valence-corrected chi connectivity index (χ4v) is 2.63. The molecule has 0 fully saturated rings. The highest BCUT2D eigenvalue weighted by Gasteiger charge is 2.24. The molecular weight excluding hydrogens is 254 g/mol. The minimum atomic E-state index is -3.68. The van der Waals surface area contributed by atoms with E-state index in [0.29, 0.717) is 0 Å². The minimum Gasteiger partial charge on any atom is -0.352 e. The van der Waals surface area contributed by atoms with Crippen molar-refractivity contribution in [2.24, 2.45) is 13.0 Å². The van der Waals surface area contributed by atoms with Crippen LogP contribution in [0.3, 0.4) is 0 Å². The van der Waals surface area contributed by atoms with Gasteiger partial charge in [0.25, 0.3) is 0 Å². The molecule has 6 nitrogen and oxygen atoms in total. The Morgan fingerprint density at radius 1 is 1.44 bits per heavy atom. The zero-order valence-electron chi connectivity index (χ0n) is 11.0. The first-order chi connectivity index (χ1) is 8.24. The summed E-state index contributed by atoms with van der Waals surface area (Å²) in [7, 11) is -2.10. The predicted molar refractivity (Wildman–Crippen MR) is 67.7 cm³/mol. The number of imidazole rings is 1. The van der Waals surface area contributed by atoms with Crippen molar-refractivity contribution in [3.05, 3.63) is 12.4 Å². The molecule has 1 aromatic heterocycles. The van der Waals surface area contributed by atoms with Gasteiger partial charge in [0.2, 0.25) is 20.9 Å². The summed E-state index contributed by atoms with van der Waals surface area (Å²) in [6.45, 7) is 5.76. The molecule has 0 unspecified atom stereocenters. The number of sulfone groups is 1. The Labute approximate surface area is 107 Å². The van der Waals surface area contributed by atoms with Gasteiger partial charge in [-0.05, 0) is 12.8 Å². The lowest BCUT2D eigenvalue weighted by atomic mass is 10.1. The van der Waals surface area contributed by atoms with Crippen LogP contribution in [0.4, 0.5) is 0 Å². The number of hydrogen-bond donors (Lipinski definition) is 1. The van der Waals surface area contributed by atoms with Gasteiger partial charge in [0.15, 0.2) is 0 Å². The molecular formula is C11H19N3O3S. The van der Waals surface area contributed by atoms with Crippen LogP contribution in [-0.2, 0) is 21.7 Å². The zero-order chi connectivity index (χ0) is 13.9. The third kappa shape index (κ3) is 3.56. The molecule has 0 aliphatic heterocycles. The van der Waals surface area contributed by atoms with E-state index < -0.39 is 21.5 Å². The summed E-state index contributed by atoms with van der Waals surface area (Å²) in [5.74, 6) is -0.821. The van der Waals surface area contributed by atoms with Crippen LogP contribution in [0.2, 0.25) is 0 Å². The Morgan fingerprint density at radius 2 is 2.06 bits per heavy atom. The van der Waals surface area contributed by atoms with Crippen LogP contribution in [0.1, 0.15) is 20.8 Å². The molecule has 0 aliphatic rings. The van der Waals surface area contributed by atoms with Crippen molar-refractivity contribution in [1.29, 1.82) is 0 Å². The highest BCUT2D eigenvalue weighted by molar-refractivity contribution is 7.91. The Balaban J connectivity index is 2.73. The standard InChI is InChI=1S/C11H19N3O3S/c1-8(2)9(3)13-10(15)7-18(16,17)11-12-5-6-14(11)4/h5-6,8-9H,7H2,1-4H3,(H,13,15)/t9-/m0/s1. The first-order valence-electron chi connectivity index (χ1n) is 5.73. The molecule has 0 aromatic carbocycles. The maximum absolute atomic E-state index is 11.9. The van der Waals surface area contributed by atoms with E-state index in [-0.39, 0.29) is 17.1 Å². The lowest BCUT2D eigenvalue weighted by molar-refractivity contribution is -0.119. The monoisotopic (exact) mass is 273 g/mol. The van der Waals surface area contributed by atoms with Crippen molar-refractivity contribution in [3.63, 3.8) is 0 Å². The third-order valence-electron chi connectivity index (χ3n) is 2.76. The number of aryl methyl sites for hydroxylation is 1. The molecule has 0 saturated heterocycles. The van der Waals surface area contributed by atoms with Gasteiger partial charge < -0.3 is 9.88 Å². The van der Waals surface area contributed by atoms with Crippen LogP contribution in [-0.4, -0.2) is 35.7 Å². The second-order valence-corrected chi connectivity index (χ2v) is 6.56. The molecule has 1 rings (SSSR count). The van der Waals surface area contributed by atoms with E-state index in [1.807, 2.05) is 20.8 Å². The molecule has 1 aromatic rings. The number of aromatic nitrogens is 2. The number of amides is 1. The van der Waals surface area contributed by atoms with E-state index in [1.165, 1.54) is 17.0 Å². The number of nitrogens with one attached hydrogen (secondary N) is 1. The summed E-state index contributed by atoms with van der Waals surface area (Å²) < 4.78 is 25.2. The predicted octanol–water partition coefficient (Wildman–Crippen LogP) is 0.354. The van der Waals surface area contributed by atoms with E-state index in [2.05, 4.69) is 10.3 Å². The summed E-state index contributed by atoms with van der Waals surface area (Å²) in [5.41, 5.74) is 0. The zero-order valence-corrected chi connectivity index (χ0v) is 11.9. The van der Waals surface area contributed by atoms with Gasteiger partial charge in [-0.25, -0.2) is 13.4 Å². The second-order valence-electron chi connectivity index (χ2n) is 4.68. The van der Waals surface area contributed by atoms with Crippen LogP contribution in [0, 0.1) is 5.92 Å². The van der Waals surface area contributed by atoms with Gasteiger partial charge in [-0.3, -0.25) is 4.79 Å². The van der Waals surface area contributed by atoms with Crippen molar-refractivity contribution >= 4 is 15.7 Å². The van der Waals surface area contributed by atoms with Gasteiger partial charge in [0.1, 0.15) is 5.75 Å². The Bertz CT molecular complexity index is 519. The smallest absolute Gasteiger partial charge is 0.235 e. The molecule has 1 atom stereocenters. The second kappa shape index (κ2) is 5.51. The number of hydrogen-bond acceptors (Lipinski definition) is 4. The summed E-state index contributed by atoms with van der Waals surface area (Å²) in [6.07, 6.45) is 2.92. The van der Waals surface area contributed by atoms with Gasteiger partial charge in [-0.15, -0.1) is 0 Å². The van der Waals surface area contributed by atoms with E-state index >= 15 is 0 Å². The van der Waals surface area contributed by atoms with Gasteiger partial charge in [0, 0.05) is 25.5 Å². The Morgan fingerprint density at radius 3 is 2.50 bits per heavy atom. The first-order valence-corrected chi connectivity index (χ1v) is 7.38. The lowest BCUT2D eigenvalue weighted by Crippen LogP contribution is -2.39. The van der Waals surface area contributed by atoms with Gasteiger partial charge in [-0.1, -0.05) is 13.8 Å². The first kappa shape index (κ1) is 14.7. The molecule has 1 amide bonds. The number of rotatable bonds is 5.